The topological polar surface area (TPSA) is 58.3 Å². The van der Waals surface area contributed by atoms with Crippen LogP contribution in [-0.2, 0) is 6.54 Å². The Morgan fingerprint density at radius 2 is 2.08 bits per heavy atom. The molecule has 0 saturated carbocycles. The number of thiophene rings is 1. The Balaban J connectivity index is 1.66. The zero-order valence-corrected chi connectivity index (χ0v) is 13.9. The molecular formula is C19H16N2O2S. The predicted molar refractivity (Wildman–Crippen MR) is 97.5 cm³/mol. The summed E-state index contributed by atoms with van der Waals surface area (Å²) in [6.45, 7) is 2.76. The fraction of sp³-hybridized carbons (Fsp3) is 0.105. The summed E-state index contributed by atoms with van der Waals surface area (Å²) in [5.74, 6) is 0.577. The number of anilines is 1. The molecule has 0 atom stereocenters. The molecule has 120 valence electrons. The molecule has 0 unspecified atom stereocenters. The second kappa shape index (κ2) is 6.02. The van der Waals surface area contributed by atoms with Gasteiger partial charge >= 0.3 is 0 Å². The van der Waals surface area contributed by atoms with Crippen molar-refractivity contribution in [2.45, 2.75) is 13.5 Å². The smallest absolute Gasteiger partial charge is 0.231 e. The number of nitrogens with one attached hydrogen (secondary N) is 1. The molecule has 0 bridgehead atoms. The van der Waals surface area contributed by atoms with Crippen molar-refractivity contribution in [3.05, 3.63) is 64.4 Å². The predicted octanol–water partition coefficient (Wildman–Crippen LogP) is 5.18. The molecule has 0 saturated heterocycles. The number of hydrogen-bond acceptors (Lipinski definition) is 5. The molecular weight excluding hydrogens is 320 g/mol. The lowest BCUT2D eigenvalue weighted by molar-refractivity contribution is 0.474. The van der Waals surface area contributed by atoms with E-state index in [1.165, 1.54) is 4.88 Å². The van der Waals surface area contributed by atoms with Gasteiger partial charge in [0.25, 0.3) is 0 Å². The Hall–Kier alpha value is -2.79. The minimum absolute atomic E-state index is 0.153. The Morgan fingerprint density at radius 1 is 1.17 bits per heavy atom. The number of phenols is 1. The quantitative estimate of drug-likeness (QED) is 0.504. The molecule has 2 aromatic carbocycles. The van der Waals surface area contributed by atoms with Crippen LogP contribution in [0.25, 0.3) is 22.6 Å². The number of aryl methyl sites for hydroxylation is 1. The summed E-state index contributed by atoms with van der Waals surface area (Å²) in [7, 11) is 0. The number of hydrogen-bond donors (Lipinski definition) is 2. The van der Waals surface area contributed by atoms with Crippen LogP contribution in [0, 0.1) is 6.92 Å². The highest BCUT2D eigenvalue weighted by Gasteiger charge is 2.13. The van der Waals surface area contributed by atoms with Crippen LogP contribution in [0.2, 0.25) is 0 Å². The van der Waals surface area contributed by atoms with Crippen molar-refractivity contribution >= 4 is 28.1 Å². The van der Waals surface area contributed by atoms with E-state index in [-0.39, 0.29) is 5.75 Å². The van der Waals surface area contributed by atoms with Gasteiger partial charge < -0.3 is 14.8 Å². The first-order valence-corrected chi connectivity index (χ1v) is 8.54. The number of nitrogens with zero attached hydrogens (tertiary/aromatic N) is 1. The fourth-order valence-electron chi connectivity index (χ4n) is 2.57. The minimum Gasteiger partial charge on any atom is -0.507 e. The second-order valence-corrected chi connectivity index (χ2v) is 6.69. The van der Waals surface area contributed by atoms with Crippen LogP contribution < -0.4 is 5.32 Å². The van der Waals surface area contributed by atoms with Gasteiger partial charge in [-0.25, -0.2) is 4.98 Å². The highest BCUT2D eigenvalue weighted by Crippen LogP contribution is 2.33. The molecule has 2 heterocycles. The summed E-state index contributed by atoms with van der Waals surface area (Å²) in [5, 5.41) is 15.6. The first-order chi connectivity index (χ1) is 11.7. The van der Waals surface area contributed by atoms with E-state index in [1.54, 1.807) is 17.4 Å². The molecule has 0 aliphatic heterocycles. The van der Waals surface area contributed by atoms with Crippen molar-refractivity contribution in [3.8, 4) is 17.2 Å². The second-order valence-electron chi connectivity index (χ2n) is 5.66. The number of fused-ring (bicyclic) bond motifs is 1. The molecule has 4 aromatic rings. The summed E-state index contributed by atoms with van der Waals surface area (Å²) < 4.78 is 5.80. The van der Waals surface area contributed by atoms with E-state index in [0.29, 0.717) is 17.0 Å². The molecule has 24 heavy (non-hydrogen) atoms. The summed E-state index contributed by atoms with van der Waals surface area (Å²) in [4.78, 5) is 5.76. The molecule has 0 spiro atoms. The number of oxazole rings is 1. The van der Waals surface area contributed by atoms with Crippen molar-refractivity contribution in [1.29, 1.82) is 0 Å². The van der Waals surface area contributed by atoms with E-state index in [1.807, 2.05) is 43.3 Å². The lowest BCUT2D eigenvalue weighted by Crippen LogP contribution is -1.97. The third-order valence-corrected chi connectivity index (χ3v) is 4.69. The van der Waals surface area contributed by atoms with Crippen LogP contribution >= 0.6 is 11.3 Å². The average Bonchev–Trinajstić information content (AvgIpc) is 3.22. The number of rotatable bonds is 4. The van der Waals surface area contributed by atoms with Gasteiger partial charge in [0.1, 0.15) is 11.3 Å². The first-order valence-electron chi connectivity index (χ1n) is 7.66. The van der Waals surface area contributed by atoms with Gasteiger partial charge in [-0.3, -0.25) is 0 Å². The monoisotopic (exact) mass is 336 g/mol. The van der Waals surface area contributed by atoms with Gasteiger partial charge in [0.15, 0.2) is 5.58 Å². The van der Waals surface area contributed by atoms with Gasteiger partial charge in [-0.1, -0.05) is 12.1 Å². The van der Waals surface area contributed by atoms with Crippen LogP contribution in [0.1, 0.15) is 10.4 Å². The van der Waals surface area contributed by atoms with Crippen LogP contribution in [0.15, 0.2) is 58.3 Å². The fourth-order valence-corrected chi connectivity index (χ4v) is 3.22. The molecule has 2 aromatic heterocycles. The molecule has 4 nitrogen and oxygen atoms in total. The molecule has 4 rings (SSSR count). The van der Waals surface area contributed by atoms with Gasteiger partial charge in [0, 0.05) is 17.1 Å². The van der Waals surface area contributed by atoms with Crippen molar-refractivity contribution in [2.24, 2.45) is 0 Å². The van der Waals surface area contributed by atoms with Crippen LogP contribution in [0.4, 0.5) is 5.69 Å². The standard InChI is InChI=1S/C19H16N2O2S/c1-12-4-7-18-16(9-12)21-19(23-18)15-10-13(5-6-17(15)22)20-11-14-3-2-8-24-14/h2-10,20,22H,11H2,1H3. The third kappa shape index (κ3) is 2.86. The first kappa shape index (κ1) is 14.8. The highest BCUT2D eigenvalue weighted by molar-refractivity contribution is 7.09. The zero-order valence-electron chi connectivity index (χ0n) is 13.1. The SMILES string of the molecule is Cc1ccc2oc(-c3cc(NCc4cccs4)ccc3O)nc2c1. The summed E-state index contributed by atoms with van der Waals surface area (Å²) in [5.41, 5.74) is 4.13. The minimum atomic E-state index is 0.153. The lowest BCUT2D eigenvalue weighted by atomic mass is 10.1. The maximum absolute atomic E-state index is 10.2. The number of phenolic OH excluding ortho intramolecular Hbond substituents is 1. The van der Waals surface area contributed by atoms with Crippen LogP contribution in [0.5, 0.6) is 5.75 Å². The van der Waals surface area contributed by atoms with E-state index in [0.717, 1.165) is 23.3 Å². The van der Waals surface area contributed by atoms with E-state index in [4.69, 9.17) is 4.42 Å². The average molecular weight is 336 g/mol. The molecule has 0 fully saturated rings. The van der Waals surface area contributed by atoms with E-state index in [2.05, 4.69) is 21.7 Å². The normalized spacial score (nSPS) is 11.0. The number of aromatic nitrogens is 1. The molecule has 0 amide bonds. The number of benzene rings is 2. The zero-order chi connectivity index (χ0) is 16.5. The summed E-state index contributed by atoms with van der Waals surface area (Å²) in [6.07, 6.45) is 0. The summed E-state index contributed by atoms with van der Waals surface area (Å²) >= 11 is 1.71. The Bertz CT molecular complexity index is 990. The van der Waals surface area contributed by atoms with Crippen molar-refractivity contribution in [1.82, 2.24) is 4.98 Å². The van der Waals surface area contributed by atoms with Crippen molar-refractivity contribution < 1.29 is 9.52 Å². The van der Waals surface area contributed by atoms with Gasteiger partial charge in [-0.2, -0.15) is 0 Å². The summed E-state index contributed by atoms with van der Waals surface area (Å²) in [6, 6.07) is 15.3. The van der Waals surface area contributed by atoms with E-state index < -0.39 is 0 Å². The van der Waals surface area contributed by atoms with Crippen molar-refractivity contribution in [2.75, 3.05) is 5.32 Å². The molecule has 0 aliphatic rings. The molecule has 0 aliphatic carbocycles. The number of aromatic hydroxyl groups is 1. The molecule has 2 N–H and O–H groups in total. The third-order valence-electron chi connectivity index (χ3n) is 3.82. The Labute approximate surface area is 143 Å². The van der Waals surface area contributed by atoms with E-state index >= 15 is 0 Å². The Kier molecular flexibility index (Phi) is 3.70. The lowest BCUT2D eigenvalue weighted by Gasteiger charge is -2.07. The van der Waals surface area contributed by atoms with Crippen LogP contribution in [-0.4, -0.2) is 10.1 Å². The van der Waals surface area contributed by atoms with Gasteiger partial charge in [-0.15, -0.1) is 11.3 Å². The maximum atomic E-state index is 10.2. The maximum Gasteiger partial charge on any atom is 0.231 e. The van der Waals surface area contributed by atoms with Crippen LogP contribution in [0.3, 0.4) is 0 Å². The van der Waals surface area contributed by atoms with Gasteiger partial charge in [-0.05, 0) is 54.3 Å². The molecule has 5 heteroatoms. The van der Waals surface area contributed by atoms with Gasteiger partial charge in [0.2, 0.25) is 5.89 Å². The molecule has 0 radical (unpaired) electrons. The Morgan fingerprint density at radius 3 is 2.92 bits per heavy atom. The van der Waals surface area contributed by atoms with Crippen molar-refractivity contribution in [3.63, 3.8) is 0 Å². The largest absolute Gasteiger partial charge is 0.507 e. The van der Waals surface area contributed by atoms with Gasteiger partial charge in [0.05, 0.1) is 5.56 Å². The highest BCUT2D eigenvalue weighted by atomic mass is 32.1. The van der Waals surface area contributed by atoms with E-state index in [9.17, 15) is 5.11 Å².